The standard InChI is InChI=1S/C10H8N6/c1-3-15(7-11-1)9-5-10(14-6-13-9)16-4-2-12-8-16/h1-8H. The Morgan fingerprint density at radius 1 is 0.812 bits per heavy atom. The monoisotopic (exact) mass is 212 g/mol. The smallest absolute Gasteiger partial charge is 0.143 e. The summed E-state index contributed by atoms with van der Waals surface area (Å²) in [7, 11) is 0. The molecule has 0 N–H and O–H groups in total. The minimum absolute atomic E-state index is 0.774. The first-order valence-corrected chi connectivity index (χ1v) is 4.72. The lowest BCUT2D eigenvalue weighted by Gasteiger charge is -2.03. The van der Waals surface area contributed by atoms with Crippen LogP contribution >= 0.6 is 0 Å². The van der Waals surface area contributed by atoms with E-state index < -0.39 is 0 Å². The molecule has 0 aliphatic heterocycles. The zero-order chi connectivity index (χ0) is 10.8. The summed E-state index contributed by atoms with van der Waals surface area (Å²) in [6.07, 6.45) is 12.0. The molecule has 6 heteroatoms. The minimum Gasteiger partial charge on any atom is -0.290 e. The van der Waals surface area contributed by atoms with Crippen molar-refractivity contribution in [3.05, 3.63) is 49.8 Å². The molecule has 0 amide bonds. The van der Waals surface area contributed by atoms with Crippen LogP contribution < -0.4 is 0 Å². The lowest BCUT2D eigenvalue weighted by atomic mass is 10.5. The number of rotatable bonds is 2. The van der Waals surface area contributed by atoms with Crippen LogP contribution in [0.25, 0.3) is 11.6 Å². The summed E-state index contributed by atoms with van der Waals surface area (Å²) in [6, 6.07) is 1.86. The van der Waals surface area contributed by atoms with E-state index in [2.05, 4.69) is 19.9 Å². The maximum absolute atomic E-state index is 4.17. The van der Waals surface area contributed by atoms with Crippen molar-refractivity contribution in [3.63, 3.8) is 0 Å². The third-order valence-electron chi connectivity index (χ3n) is 2.18. The molecule has 3 rings (SSSR count). The summed E-state index contributed by atoms with van der Waals surface area (Å²) in [6.45, 7) is 0. The Bertz CT molecular complexity index is 520. The molecule has 0 atom stereocenters. The maximum atomic E-state index is 4.17. The van der Waals surface area contributed by atoms with Crippen LogP contribution in [0.4, 0.5) is 0 Å². The van der Waals surface area contributed by atoms with Crippen molar-refractivity contribution in [2.45, 2.75) is 0 Å². The van der Waals surface area contributed by atoms with Gasteiger partial charge < -0.3 is 0 Å². The lowest BCUT2D eigenvalue weighted by molar-refractivity contribution is 0.922. The molecule has 0 fully saturated rings. The Kier molecular flexibility index (Phi) is 1.96. The van der Waals surface area contributed by atoms with Crippen molar-refractivity contribution in [3.8, 4) is 11.6 Å². The molecule has 0 unspecified atom stereocenters. The Morgan fingerprint density at radius 2 is 1.38 bits per heavy atom. The average molecular weight is 212 g/mol. The van der Waals surface area contributed by atoms with Crippen molar-refractivity contribution in [2.24, 2.45) is 0 Å². The van der Waals surface area contributed by atoms with Gasteiger partial charge in [0.15, 0.2) is 0 Å². The third kappa shape index (κ3) is 1.46. The highest BCUT2D eigenvalue weighted by Gasteiger charge is 2.01. The zero-order valence-electron chi connectivity index (χ0n) is 8.30. The van der Waals surface area contributed by atoms with Gasteiger partial charge in [-0.3, -0.25) is 9.13 Å². The fraction of sp³-hybridized carbons (Fsp3) is 0. The second kappa shape index (κ2) is 3.58. The highest BCUT2D eigenvalue weighted by atomic mass is 15.1. The zero-order valence-corrected chi connectivity index (χ0v) is 8.30. The first kappa shape index (κ1) is 8.78. The fourth-order valence-corrected chi connectivity index (χ4v) is 1.41. The molecule has 6 nitrogen and oxygen atoms in total. The van der Waals surface area contributed by atoms with E-state index in [9.17, 15) is 0 Å². The number of nitrogens with zero attached hydrogens (tertiary/aromatic N) is 6. The molecule has 0 radical (unpaired) electrons. The predicted octanol–water partition coefficient (Wildman–Crippen LogP) is 0.848. The maximum Gasteiger partial charge on any atom is 0.143 e. The highest BCUT2D eigenvalue weighted by molar-refractivity contribution is 5.31. The summed E-state index contributed by atoms with van der Waals surface area (Å²) in [5, 5.41) is 0. The molecular formula is C10H8N6. The number of hydrogen-bond acceptors (Lipinski definition) is 4. The van der Waals surface area contributed by atoms with Crippen LogP contribution in [-0.2, 0) is 0 Å². The van der Waals surface area contributed by atoms with Crippen LogP contribution in [-0.4, -0.2) is 29.1 Å². The van der Waals surface area contributed by atoms with E-state index >= 15 is 0 Å². The molecule has 0 saturated heterocycles. The van der Waals surface area contributed by atoms with Crippen molar-refractivity contribution in [2.75, 3.05) is 0 Å². The van der Waals surface area contributed by atoms with Crippen LogP contribution in [0.2, 0.25) is 0 Å². The summed E-state index contributed by atoms with van der Waals surface area (Å²) < 4.78 is 3.64. The van der Waals surface area contributed by atoms with Gasteiger partial charge in [0.05, 0.1) is 0 Å². The van der Waals surface area contributed by atoms with Crippen LogP contribution in [0.1, 0.15) is 0 Å². The van der Waals surface area contributed by atoms with Crippen molar-refractivity contribution >= 4 is 0 Å². The first-order chi connectivity index (χ1) is 7.93. The van der Waals surface area contributed by atoms with E-state index in [4.69, 9.17) is 0 Å². The SMILES string of the molecule is c1cn(-c2cc(-n3ccnc3)ncn2)cn1. The molecule has 0 bridgehead atoms. The Hall–Kier alpha value is -2.50. The summed E-state index contributed by atoms with van der Waals surface area (Å²) in [5.41, 5.74) is 0. The van der Waals surface area contributed by atoms with Crippen LogP contribution in [0.5, 0.6) is 0 Å². The molecule has 0 aliphatic rings. The van der Waals surface area contributed by atoms with Gasteiger partial charge in [-0.15, -0.1) is 0 Å². The van der Waals surface area contributed by atoms with Crippen molar-refractivity contribution in [1.82, 2.24) is 29.1 Å². The van der Waals surface area contributed by atoms with Gasteiger partial charge >= 0.3 is 0 Å². The second-order valence-corrected chi connectivity index (χ2v) is 3.17. The van der Waals surface area contributed by atoms with E-state index in [0.717, 1.165) is 11.6 Å². The van der Waals surface area contributed by atoms with Crippen molar-refractivity contribution < 1.29 is 0 Å². The minimum atomic E-state index is 0.774. The summed E-state index contributed by atoms with van der Waals surface area (Å²) >= 11 is 0. The van der Waals surface area contributed by atoms with Crippen LogP contribution in [0, 0.1) is 0 Å². The molecule has 3 aromatic heterocycles. The lowest BCUT2D eigenvalue weighted by Crippen LogP contribution is -2.00. The first-order valence-electron chi connectivity index (χ1n) is 4.72. The normalized spacial score (nSPS) is 10.5. The van der Waals surface area contributed by atoms with Crippen LogP contribution in [0.3, 0.4) is 0 Å². The average Bonchev–Trinajstić information content (AvgIpc) is 3.03. The fourth-order valence-electron chi connectivity index (χ4n) is 1.41. The summed E-state index contributed by atoms with van der Waals surface area (Å²) in [4.78, 5) is 16.3. The quantitative estimate of drug-likeness (QED) is 0.631. The molecule has 3 heterocycles. The van der Waals surface area contributed by atoms with Gasteiger partial charge in [0, 0.05) is 30.9 Å². The van der Waals surface area contributed by atoms with Crippen molar-refractivity contribution in [1.29, 1.82) is 0 Å². The molecule has 0 aromatic carbocycles. The molecule has 0 saturated carbocycles. The molecule has 0 aliphatic carbocycles. The second-order valence-electron chi connectivity index (χ2n) is 3.17. The Morgan fingerprint density at radius 3 is 1.81 bits per heavy atom. The van der Waals surface area contributed by atoms with Gasteiger partial charge in [0.2, 0.25) is 0 Å². The Labute approximate surface area is 91.3 Å². The van der Waals surface area contributed by atoms with Gasteiger partial charge in [-0.2, -0.15) is 0 Å². The van der Waals surface area contributed by atoms with E-state index in [0.29, 0.717) is 0 Å². The third-order valence-corrected chi connectivity index (χ3v) is 2.18. The highest BCUT2D eigenvalue weighted by Crippen LogP contribution is 2.07. The molecule has 0 spiro atoms. The van der Waals surface area contributed by atoms with Gasteiger partial charge in [-0.1, -0.05) is 0 Å². The number of hydrogen-bond donors (Lipinski definition) is 0. The predicted molar refractivity (Wildman–Crippen MR) is 56.3 cm³/mol. The van der Waals surface area contributed by atoms with E-state index in [-0.39, 0.29) is 0 Å². The van der Waals surface area contributed by atoms with E-state index in [1.807, 2.05) is 27.6 Å². The summed E-state index contributed by atoms with van der Waals surface area (Å²) in [5.74, 6) is 1.55. The molecule has 3 aromatic rings. The van der Waals surface area contributed by atoms with Gasteiger partial charge in [-0.05, 0) is 0 Å². The van der Waals surface area contributed by atoms with E-state index in [1.165, 1.54) is 6.33 Å². The number of aromatic nitrogens is 6. The molecular weight excluding hydrogens is 204 g/mol. The van der Waals surface area contributed by atoms with Gasteiger partial charge in [0.25, 0.3) is 0 Å². The topological polar surface area (TPSA) is 61.4 Å². The largest absolute Gasteiger partial charge is 0.290 e. The Balaban J connectivity index is 2.07. The van der Waals surface area contributed by atoms with Gasteiger partial charge in [0.1, 0.15) is 30.6 Å². The number of imidazole rings is 2. The van der Waals surface area contributed by atoms with E-state index in [1.54, 1.807) is 25.0 Å². The van der Waals surface area contributed by atoms with Gasteiger partial charge in [-0.25, -0.2) is 19.9 Å². The molecule has 16 heavy (non-hydrogen) atoms. The molecule has 78 valence electrons. The van der Waals surface area contributed by atoms with Crippen LogP contribution in [0.15, 0.2) is 49.8 Å².